The minimum Gasteiger partial charge on any atom is -0.492 e. The lowest BCUT2D eigenvalue weighted by atomic mass is 9.99. The monoisotopic (exact) mass is 305 g/mol. The number of nitrogens with two attached hydrogens (primary N) is 1. The summed E-state index contributed by atoms with van der Waals surface area (Å²) in [6.45, 7) is 4.59. The number of piperidine rings is 1. The number of nitrogens with zero attached hydrogens (tertiary/aromatic N) is 1. The van der Waals surface area contributed by atoms with E-state index in [2.05, 4.69) is 10.2 Å². The van der Waals surface area contributed by atoms with E-state index in [4.69, 9.17) is 10.5 Å². The fourth-order valence-electron chi connectivity index (χ4n) is 3.01. The lowest BCUT2D eigenvalue weighted by molar-refractivity contribution is -0.118. The number of carbonyl (C=O) groups excluding carboxylic acids is 1. The molecule has 0 aromatic heterocycles. The van der Waals surface area contributed by atoms with Gasteiger partial charge in [-0.2, -0.15) is 0 Å². The van der Waals surface area contributed by atoms with Crippen LogP contribution in [0.4, 0.5) is 5.69 Å². The van der Waals surface area contributed by atoms with E-state index in [1.807, 2.05) is 31.2 Å². The van der Waals surface area contributed by atoms with E-state index in [0.29, 0.717) is 25.7 Å². The third-order valence-electron chi connectivity index (χ3n) is 4.06. The van der Waals surface area contributed by atoms with E-state index in [1.165, 1.54) is 6.42 Å². The zero-order valence-electron chi connectivity index (χ0n) is 13.4. The maximum Gasteiger partial charge on any atom is 0.238 e. The van der Waals surface area contributed by atoms with Gasteiger partial charge in [-0.25, -0.2) is 0 Å². The topological polar surface area (TPSA) is 67.6 Å². The van der Waals surface area contributed by atoms with Crippen molar-refractivity contribution in [2.75, 3.05) is 31.6 Å². The summed E-state index contributed by atoms with van der Waals surface area (Å²) < 4.78 is 5.54. The summed E-state index contributed by atoms with van der Waals surface area (Å²) in [6, 6.07) is 7.98. The first-order valence-electron chi connectivity index (χ1n) is 8.20. The van der Waals surface area contributed by atoms with Gasteiger partial charge in [0.2, 0.25) is 5.91 Å². The van der Waals surface area contributed by atoms with Crippen LogP contribution in [-0.4, -0.2) is 43.1 Å². The van der Waals surface area contributed by atoms with Crippen molar-refractivity contribution in [3.8, 4) is 5.75 Å². The number of benzene rings is 1. The van der Waals surface area contributed by atoms with Crippen LogP contribution < -0.4 is 15.8 Å². The van der Waals surface area contributed by atoms with Crippen LogP contribution in [-0.2, 0) is 4.79 Å². The maximum atomic E-state index is 12.3. The van der Waals surface area contributed by atoms with Crippen LogP contribution in [0.5, 0.6) is 5.75 Å². The fourth-order valence-corrected chi connectivity index (χ4v) is 3.01. The van der Waals surface area contributed by atoms with E-state index < -0.39 is 0 Å². The average Bonchev–Trinajstić information content (AvgIpc) is 2.52. The summed E-state index contributed by atoms with van der Waals surface area (Å²) in [5, 5.41) is 2.97. The van der Waals surface area contributed by atoms with Gasteiger partial charge in [0.25, 0.3) is 0 Å². The number of nitrogens with one attached hydrogen (secondary N) is 1. The molecule has 0 bridgehead atoms. The van der Waals surface area contributed by atoms with Gasteiger partial charge in [-0.05, 0) is 51.4 Å². The number of amides is 1. The van der Waals surface area contributed by atoms with Gasteiger partial charge in [-0.3, -0.25) is 9.69 Å². The zero-order chi connectivity index (χ0) is 15.8. The molecule has 1 saturated heterocycles. The SMILES string of the molecule is CCOc1ccccc1NC(=O)CN1CCCCC1CCN. The molecule has 1 aliphatic heterocycles. The number of hydrogen-bond donors (Lipinski definition) is 2. The summed E-state index contributed by atoms with van der Waals surface area (Å²) >= 11 is 0. The highest BCUT2D eigenvalue weighted by molar-refractivity contribution is 5.93. The van der Waals surface area contributed by atoms with Gasteiger partial charge < -0.3 is 15.8 Å². The number of carbonyl (C=O) groups is 1. The molecular weight excluding hydrogens is 278 g/mol. The van der Waals surface area contributed by atoms with Crippen LogP contribution in [0.3, 0.4) is 0 Å². The van der Waals surface area contributed by atoms with Gasteiger partial charge in [0.1, 0.15) is 5.75 Å². The Balaban J connectivity index is 1.94. The lowest BCUT2D eigenvalue weighted by Crippen LogP contribution is -2.44. The molecule has 0 aliphatic carbocycles. The average molecular weight is 305 g/mol. The van der Waals surface area contributed by atoms with E-state index in [0.717, 1.165) is 37.2 Å². The van der Waals surface area contributed by atoms with Gasteiger partial charge in [-0.1, -0.05) is 18.6 Å². The van der Waals surface area contributed by atoms with Gasteiger partial charge in [0.15, 0.2) is 0 Å². The first kappa shape index (κ1) is 16.8. The smallest absolute Gasteiger partial charge is 0.238 e. The Kier molecular flexibility index (Phi) is 6.68. The van der Waals surface area contributed by atoms with E-state index in [1.54, 1.807) is 0 Å². The Labute approximate surface area is 132 Å². The number of likely N-dealkylation sites (tertiary alicyclic amines) is 1. The van der Waals surface area contributed by atoms with Crippen LogP contribution >= 0.6 is 0 Å². The number of rotatable bonds is 7. The van der Waals surface area contributed by atoms with Crippen LogP contribution in [0.15, 0.2) is 24.3 Å². The van der Waals surface area contributed by atoms with Crippen LogP contribution in [0.25, 0.3) is 0 Å². The Morgan fingerprint density at radius 3 is 3.00 bits per heavy atom. The molecule has 1 atom stereocenters. The van der Waals surface area contributed by atoms with Gasteiger partial charge in [-0.15, -0.1) is 0 Å². The second-order valence-corrected chi connectivity index (χ2v) is 5.67. The number of ether oxygens (including phenoxy) is 1. The molecular formula is C17H27N3O2. The normalized spacial score (nSPS) is 18.9. The fraction of sp³-hybridized carbons (Fsp3) is 0.588. The summed E-state index contributed by atoms with van der Waals surface area (Å²) in [7, 11) is 0. The Morgan fingerprint density at radius 1 is 1.41 bits per heavy atom. The standard InChI is InChI=1S/C17H27N3O2/c1-2-22-16-9-4-3-8-15(16)19-17(21)13-20-12-6-5-7-14(20)10-11-18/h3-4,8-9,14H,2,5-7,10-13,18H2,1H3,(H,19,21). The molecule has 22 heavy (non-hydrogen) atoms. The number of hydrogen-bond acceptors (Lipinski definition) is 4. The van der Waals surface area contributed by atoms with Crippen molar-refractivity contribution < 1.29 is 9.53 Å². The molecule has 5 heteroatoms. The van der Waals surface area contributed by atoms with Crippen LogP contribution in [0, 0.1) is 0 Å². The summed E-state index contributed by atoms with van der Waals surface area (Å²) in [6.07, 6.45) is 4.49. The molecule has 0 spiro atoms. The van der Waals surface area contributed by atoms with Crippen molar-refractivity contribution in [1.29, 1.82) is 0 Å². The van der Waals surface area contributed by atoms with Crippen molar-refractivity contribution in [3.05, 3.63) is 24.3 Å². The molecule has 1 aromatic rings. The zero-order valence-corrected chi connectivity index (χ0v) is 13.4. The quantitative estimate of drug-likeness (QED) is 0.810. The van der Waals surface area contributed by atoms with Gasteiger partial charge >= 0.3 is 0 Å². The van der Waals surface area contributed by atoms with Crippen molar-refractivity contribution in [2.24, 2.45) is 5.73 Å². The molecule has 5 nitrogen and oxygen atoms in total. The molecule has 1 unspecified atom stereocenters. The van der Waals surface area contributed by atoms with E-state index in [9.17, 15) is 4.79 Å². The molecule has 3 N–H and O–H groups in total. The second kappa shape index (κ2) is 8.76. The van der Waals surface area contributed by atoms with Gasteiger partial charge in [0, 0.05) is 6.04 Å². The Bertz CT molecular complexity index is 477. The lowest BCUT2D eigenvalue weighted by Gasteiger charge is -2.35. The van der Waals surface area contributed by atoms with Crippen LogP contribution in [0.1, 0.15) is 32.6 Å². The molecule has 1 amide bonds. The highest BCUT2D eigenvalue weighted by Gasteiger charge is 2.23. The number of anilines is 1. The number of para-hydroxylation sites is 2. The summed E-state index contributed by atoms with van der Waals surface area (Å²) in [5.41, 5.74) is 6.42. The summed E-state index contributed by atoms with van der Waals surface area (Å²) in [4.78, 5) is 14.6. The predicted molar refractivity (Wildman–Crippen MR) is 89.1 cm³/mol. The minimum absolute atomic E-state index is 0.0103. The minimum atomic E-state index is 0.0103. The third kappa shape index (κ3) is 4.71. The van der Waals surface area contributed by atoms with Crippen LogP contribution in [0.2, 0.25) is 0 Å². The van der Waals surface area contributed by atoms with Crippen molar-refractivity contribution in [3.63, 3.8) is 0 Å². The maximum absolute atomic E-state index is 12.3. The predicted octanol–water partition coefficient (Wildman–Crippen LogP) is 2.23. The van der Waals surface area contributed by atoms with Crippen molar-refractivity contribution >= 4 is 11.6 Å². The molecule has 1 heterocycles. The Hall–Kier alpha value is -1.59. The highest BCUT2D eigenvalue weighted by atomic mass is 16.5. The molecule has 0 radical (unpaired) electrons. The molecule has 1 aliphatic rings. The summed E-state index contributed by atoms with van der Waals surface area (Å²) in [5.74, 6) is 0.728. The molecule has 122 valence electrons. The van der Waals surface area contributed by atoms with E-state index in [-0.39, 0.29) is 5.91 Å². The van der Waals surface area contributed by atoms with Crippen molar-refractivity contribution in [1.82, 2.24) is 4.90 Å². The Morgan fingerprint density at radius 2 is 2.23 bits per heavy atom. The molecule has 0 saturated carbocycles. The molecule has 1 fully saturated rings. The second-order valence-electron chi connectivity index (χ2n) is 5.67. The largest absolute Gasteiger partial charge is 0.492 e. The van der Waals surface area contributed by atoms with Crippen molar-refractivity contribution in [2.45, 2.75) is 38.6 Å². The first-order valence-corrected chi connectivity index (χ1v) is 8.20. The first-order chi connectivity index (χ1) is 10.7. The molecule has 1 aromatic carbocycles. The highest BCUT2D eigenvalue weighted by Crippen LogP contribution is 2.24. The van der Waals surface area contributed by atoms with E-state index >= 15 is 0 Å². The third-order valence-corrected chi connectivity index (χ3v) is 4.06. The molecule has 2 rings (SSSR count). The van der Waals surface area contributed by atoms with Gasteiger partial charge in [0.05, 0.1) is 18.8 Å².